The number of likely N-dealkylation sites (N-methyl/N-ethyl adjacent to an activating group) is 1. The second kappa shape index (κ2) is 8.59. The normalized spacial score (nSPS) is 11.1. The van der Waals surface area contributed by atoms with Gasteiger partial charge in [-0.25, -0.2) is 8.42 Å². The molecule has 0 N–H and O–H groups in total. The van der Waals surface area contributed by atoms with Gasteiger partial charge in [0.1, 0.15) is 0 Å². The molecule has 27 heavy (non-hydrogen) atoms. The minimum Gasteiger partial charge on any atom is -0.335 e. The monoisotopic (exact) mass is 406 g/mol. The summed E-state index contributed by atoms with van der Waals surface area (Å²) < 4.78 is 27.1. The number of amides is 1. The largest absolute Gasteiger partial charge is 0.335 e. The second-order valence-corrected chi connectivity index (χ2v) is 8.60. The molecule has 0 aromatic heterocycles. The third-order valence-corrected chi connectivity index (χ3v) is 6.19. The van der Waals surface area contributed by atoms with Gasteiger partial charge >= 0.3 is 0 Å². The van der Waals surface area contributed by atoms with Gasteiger partial charge in [0.25, 0.3) is 15.9 Å². The minimum absolute atomic E-state index is 0.00739. The van der Waals surface area contributed by atoms with Gasteiger partial charge in [-0.1, -0.05) is 42.0 Å². The fourth-order valence-electron chi connectivity index (χ4n) is 2.59. The van der Waals surface area contributed by atoms with Gasteiger partial charge in [0, 0.05) is 20.1 Å². The van der Waals surface area contributed by atoms with Crippen molar-refractivity contribution < 1.29 is 13.2 Å². The number of sulfonamides is 1. The van der Waals surface area contributed by atoms with Crippen molar-refractivity contribution in [2.75, 3.05) is 24.4 Å². The number of rotatable bonds is 7. The molecule has 0 saturated carbocycles. The van der Waals surface area contributed by atoms with Gasteiger partial charge in [0.2, 0.25) is 0 Å². The van der Waals surface area contributed by atoms with Crippen LogP contribution in [0.3, 0.4) is 0 Å². The average Bonchev–Trinajstić information content (AvgIpc) is 2.65. The van der Waals surface area contributed by atoms with Crippen molar-refractivity contribution >= 4 is 33.2 Å². The Hall–Kier alpha value is -2.31. The van der Waals surface area contributed by atoms with Crippen molar-refractivity contribution in [1.82, 2.24) is 4.90 Å². The van der Waals surface area contributed by atoms with Crippen LogP contribution in [0, 0.1) is 0 Å². The van der Waals surface area contributed by atoms with Crippen molar-refractivity contribution in [3.63, 3.8) is 0 Å². The maximum atomic E-state index is 13.0. The van der Waals surface area contributed by atoms with Crippen LogP contribution in [0.15, 0.2) is 65.6 Å². The minimum atomic E-state index is -3.83. The summed E-state index contributed by atoms with van der Waals surface area (Å²) in [5.74, 6) is -0.329. The molecule has 0 heterocycles. The topological polar surface area (TPSA) is 57.7 Å². The van der Waals surface area contributed by atoms with Gasteiger partial charge in [0.05, 0.1) is 21.2 Å². The molecule has 0 aliphatic rings. The van der Waals surface area contributed by atoms with E-state index >= 15 is 0 Å². The summed E-state index contributed by atoms with van der Waals surface area (Å²) >= 11 is 6.20. The van der Waals surface area contributed by atoms with E-state index < -0.39 is 10.0 Å². The van der Waals surface area contributed by atoms with Gasteiger partial charge in [-0.15, -0.1) is 0 Å². The number of benzene rings is 2. The Bertz CT molecular complexity index is 943. The highest BCUT2D eigenvalue weighted by atomic mass is 35.5. The third kappa shape index (κ3) is 4.70. The van der Waals surface area contributed by atoms with Crippen LogP contribution in [0.4, 0.5) is 5.69 Å². The second-order valence-electron chi connectivity index (χ2n) is 6.23. The predicted octanol–water partition coefficient (Wildman–Crippen LogP) is 4.20. The van der Waals surface area contributed by atoms with Crippen LogP contribution >= 0.6 is 11.6 Å². The van der Waals surface area contributed by atoms with E-state index in [2.05, 4.69) is 6.58 Å². The van der Waals surface area contributed by atoms with E-state index in [1.54, 1.807) is 29.2 Å². The van der Waals surface area contributed by atoms with E-state index in [4.69, 9.17) is 11.6 Å². The number of carbonyl (C=O) groups is 1. The summed E-state index contributed by atoms with van der Waals surface area (Å²) in [6, 6.07) is 12.9. The van der Waals surface area contributed by atoms with E-state index in [0.717, 1.165) is 5.57 Å². The van der Waals surface area contributed by atoms with Crippen molar-refractivity contribution in [3.8, 4) is 0 Å². The summed E-state index contributed by atoms with van der Waals surface area (Å²) in [4.78, 5) is 14.4. The molecule has 2 aromatic carbocycles. The first-order chi connectivity index (χ1) is 12.7. The SMILES string of the molecule is C=C(C)CN(CC)C(=O)c1cc(S(=O)(=O)N(C)c2ccccc2)ccc1Cl. The molecule has 2 aromatic rings. The molecule has 0 fully saturated rings. The molecule has 0 unspecified atom stereocenters. The molecule has 5 nitrogen and oxygen atoms in total. The third-order valence-electron chi connectivity index (χ3n) is 4.08. The van der Waals surface area contributed by atoms with Gasteiger partial charge in [-0.2, -0.15) is 0 Å². The predicted molar refractivity (Wildman–Crippen MR) is 110 cm³/mol. The Kier molecular flexibility index (Phi) is 6.68. The smallest absolute Gasteiger partial charge is 0.264 e. The Labute approximate surface area is 165 Å². The van der Waals surface area contributed by atoms with Gasteiger partial charge in [0.15, 0.2) is 0 Å². The summed E-state index contributed by atoms with van der Waals surface area (Å²) in [6.45, 7) is 8.34. The van der Waals surface area contributed by atoms with Crippen molar-refractivity contribution in [3.05, 3.63) is 71.3 Å². The molecule has 7 heteroatoms. The molecule has 0 radical (unpaired) electrons. The molecular formula is C20H23ClN2O3S. The van der Waals surface area contributed by atoms with Crippen LogP contribution in [0.1, 0.15) is 24.2 Å². The molecule has 0 saturated heterocycles. The fourth-order valence-corrected chi connectivity index (χ4v) is 4.01. The zero-order chi connectivity index (χ0) is 20.2. The number of hydrogen-bond donors (Lipinski definition) is 0. The quantitative estimate of drug-likeness (QED) is 0.647. The summed E-state index contributed by atoms with van der Waals surface area (Å²) in [7, 11) is -2.36. The molecular weight excluding hydrogens is 384 g/mol. The first kappa shape index (κ1) is 21.0. The number of anilines is 1. The van der Waals surface area contributed by atoms with Crippen molar-refractivity contribution in [1.29, 1.82) is 0 Å². The van der Waals surface area contributed by atoms with E-state index in [-0.39, 0.29) is 21.4 Å². The van der Waals surface area contributed by atoms with Gasteiger partial charge < -0.3 is 4.90 Å². The molecule has 0 aliphatic heterocycles. The van der Waals surface area contributed by atoms with Gasteiger partial charge in [-0.05, 0) is 44.2 Å². The van der Waals surface area contributed by atoms with Crippen LogP contribution in [0.2, 0.25) is 5.02 Å². The molecule has 0 spiro atoms. The van der Waals surface area contributed by atoms with Crippen LogP contribution in [-0.4, -0.2) is 39.4 Å². The first-order valence-corrected chi connectivity index (χ1v) is 10.3. The molecule has 144 valence electrons. The van der Waals surface area contributed by atoms with Crippen molar-refractivity contribution in [2.45, 2.75) is 18.7 Å². The average molecular weight is 407 g/mol. The standard InChI is InChI=1S/C20H23ClN2O3S/c1-5-23(14-15(2)3)20(24)18-13-17(11-12-19(18)21)27(25,26)22(4)16-9-7-6-8-10-16/h6-13H,2,5,14H2,1,3-4H3. The Morgan fingerprint density at radius 2 is 1.78 bits per heavy atom. The maximum Gasteiger partial charge on any atom is 0.264 e. The summed E-state index contributed by atoms with van der Waals surface area (Å²) in [5, 5.41) is 0.210. The van der Waals surface area contributed by atoms with Crippen LogP contribution in [0.5, 0.6) is 0 Å². The van der Waals surface area contributed by atoms with Crippen LogP contribution in [-0.2, 0) is 10.0 Å². The number of carbonyl (C=O) groups excluding carboxylic acids is 1. The van der Waals surface area contributed by atoms with E-state index in [0.29, 0.717) is 18.8 Å². The molecule has 0 atom stereocenters. The van der Waals surface area contributed by atoms with E-state index in [9.17, 15) is 13.2 Å². The number of para-hydroxylation sites is 1. The number of halogens is 1. The molecule has 1 amide bonds. The Morgan fingerprint density at radius 1 is 1.15 bits per heavy atom. The Morgan fingerprint density at radius 3 is 2.33 bits per heavy atom. The molecule has 0 aliphatic carbocycles. The van der Waals surface area contributed by atoms with Gasteiger partial charge in [-0.3, -0.25) is 9.10 Å². The zero-order valence-electron chi connectivity index (χ0n) is 15.6. The number of hydrogen-bond acceptors (Lipinski definition) is 3. The first-order valence-electron chi connectivity index (χ1n) is 8.45. The highest BCUT2D eigenvalue weighted by Crippen LogP contribution is 2.26. The lowest BCUT2D eigenvalue weighted by Crippen LogP contribution is -2.33. The lowest BCUT2D eigenvalue weighted by molar-refractivity contribution is 0.0778. The Balaban J connectivity index is 2.44. The molecule has 2 rings (SSSR count). The van der Waals surface area contributed by atoms with E-state index in [1.807, 2.05) is 19.9 Å². The van der Waals surface area contributed by atoms with Crippen molar-refractivity contribution in [2.24, 2.45) is 0 Å². The fraction of sp³-hybridized carbons (Fsp3) is 0.250. The lowest BCUT2D eigenvalue weighted by atomic mass is 10.2. The summed E-state index contributed by atoms with van der Waals surface area (Å²) in [5.41, 5.74) is 1.51. The maximum absolute atomic E-state index is 13.0. The van der Waals surface area contributed by atoms with Crippen LogP contribution < -0.4 is 4.31 Å². The molecule has 0 bridgehead atoms. The highest BCUT2D eigenvalue weighted by molar-refractivity contribution is 7.92. The summed E-state index contributed by atoms with van der Waals surface area (Å²) in [6.07, 6.45) is 0. The van der Waals surface area contributed by atoms with E-state index in [1.165, 1.54) is 29.6 Å². The zero-order valence-corrected chi connectivity index (χ0v) is 17.2. The number of nitrogens with zero attached hydrogens (tertiary/aromatic N) is 2. The lowest BCUT2D eigenvalue weighted by Gasteiger charge is -2.23. The highest BCUT2D eigenvalue weighted by Gasteiger charge is 2.25. The van der Waals surface area contributed by atoms with Crippen LogP contribution in [0.25, 0.3) is 0 Å².